The Morgan fingerprint density at radius 3 is 2.35 bits per heavy atom. The number of carbonyl (C=O) groups excluding carboxylic acids is 1. The highest BCUT2D eigenvalue weighted by molar-refractivity contribution is 6.44. The maximum absolute atomic E-state index is 11.4. The third-order valence-corrected chi connectivity index (χ3v) is 3.67. The van der Waals surface area contributed by atoms with Gasteiger partial charge in [0.05, 0.1) is 37.7 Å². The number of amides is 1. The first-order valence-electron chi connectivity index (χ1n) is 5.50. The minimum absolute atomic E-state index is 0.257. The molecule has 2 aromatic rings. The lowest BCUT2D eigenvalue weighted by atomic mass is 10.1. The number of para-hydroxylation sites is 1. The number of halogens is 3. The summed E-state index contributed by atoms with van der Waals surface area (Å²) in [6.07, 6.45) is 0. The van der Waals surface area contributed by atoms with Crippen LogP contribution in [0.15, 0.2) is 30.3 Å². The predicted molar refractivity (Wildman–Crippen MR) is 84.1 cm³/mol. The van der Waals surface area contributed by atoms with Gasteiger partial charge in [-0.15, -0.1) is 0 Å². The van der Waals surface area contributed by atoms with Crippen molar-refractivity contribution in [1.82, 2.24) is 0 Å². The zero-order chi connectivity index (χ0) is 14.9. The van der Waals surface area contributed by atoms with Gasteiger partial charge in [-0.2, -0.15) is 0 Å². The van der Waals surface area contributed by atoms with Crippen LogP contribution in [0.4, 0.5) is 17.1 Å². The molecule has 0 fully saturated rings. The van der Waals surface area contributed by atoms with Crippen LogP contribution >= 0.6 is 34.8 Å². The fourth-order valence-electron chi connectivity index (χ4n) is 1.67. The van der Waals surface area contributed by atoms with Crippen molar-refractivity contribution in [3.63, 3.8) is 0 Å². The van der Waals surface area contributed by atoms with Gasteiger partial charge in [0.2, 0.25) is 0 Å². The molecular formula is C13H10Cl3N3O. The van der Waals surface area contributed by atoms with E-state index >= 15 is 0 Å². The molecular weight excluding hydrogens is 321 g/mol. The van der Waals surface area contributed by atoms with Crippen LogP contribution < -0.4 is 16.8 Å². The summed E-state index contributed by atoms with van der Waals surface area (Å²) in [4.78, 5) is 11.4. The lowest BCUT2D eigenvalue weighted by Crippen LogP contribution is -2.14. The zero-order valence-electron chi connectivity index (χ0n) is 10.1. The van der Waals surface area contributed by atoms with Gasteiger partial charge in [-0.3, -0.25) is 4.79 Å². The smallest absolute Gasteiger partial charge is 0.250 e. The molecule has 1 amide bonds. The molecule has 0 aromatic heterocycles. The molecule has 0 aliphatic carbocycles. The summed E-state index contributed by atoms with van der Waals surface area (Å²) in [5.41, 5.74) is 12.6. The maximum atomic E-state index is 11.4. The van der Waals surface area contributed by atoms with Crippen molar-refractivity contribution in [2.24, 2.45) is 5.73 Å². The average Bonchev–Trinajstić information content (AvgIpc) is 2.37. The van der Waals surface area contributed by atoms with Crippen LogP contribution in [0.1, 0.15) is 10.4 Å². The van der Waals surface area contributed by atoms with Crippen molar-refractivity contribution in [2.45, 2.75) is 0 Å². The van der Waals surface area contributed by atoms with Crippen molar-refractivity contribution < 1.29 is 4.79 Å². The molecule has 104 valence electrons. The Morgan fingerprint density at radius 1 is 1.05 bits per heavy atom. The summed E-state index contributed by atoms with van der Waals surface area (Å²) in [5.74, 6) is -0.601. The summed E-state index contributed by atoms with van der Waals surface area (Å²) < 4.78 is 0. The summed E-state index contributed by atoms with van der Waals surface area (Å²) in [7, 11) is 0. The number of carbonyl (C=O) groups is 1. The van der Waals surface area contributed by atoms with Crippen LogP contribution in [0.3, 0.4) is 0 Å². The van der Waals surface area contributed by atoms with Gasteiger partial charge < -0.3 is 16.8 Å². The molecule has 20 heavy (non-hydrogen) atoms. The van der Waals surface area contributed by atoms with E-state index in [0.29, 0.717) is 32.1 Å². The van der Waals surface area contributed by atoms with Crippen molar-refractivity contribution in [1.29, 1.82) is 0 Å². The highest BCUT2D eigenvalue weighted by Crippen LogP contribution is 2.36. The lowest BCUT2D eigenvalue weighted by Gasteiger charge is -2.14. The molecule has 0 saturated carbocycles. The third kappa shape index (κ3) is 2.93. The topological polar surface area (TPSA) is 81.1 Å². The molecule has 7 heteroatoms. The van der Waals surface area contributed by atoms with E-state index in [2.05, 4.69) is 5.32 Å². The molecule has 0 spiro atoms. The molecule has 0 heterocycles. The first kappa shape index (κ1) is 14.8. The van der Waals surface area contributed by atoms with Gasteiger partial charge in [-0.1, -0.05) is 40.9 Å². The van der Waals surface area contributed by atoms with E-state index < -0.39 is 5.91 Å². The van der Waals surface area contributed by atoms with Gasteiger partial charge >= 0.3 is 0 Å². The molecule has 0 unspecified atom stereocenters. The largest absolute Gasteiger partial charge is 0.397 e. The Kier molecular flexibility index (Phi) is 4.28. The van der Waals surface area contributed by atoms with Crippen molar-refractivity contribution in [2.75, 3.05) is 11.1 Å². The number of anilines is 3. The number of rotatable bonds is 3. The first-order chi connectivity index (χ1) is 9.40. The molecule has 0 saturated heterocycles. The minimum atomic E-state index is -0.601. The molecule has 0 aliphatic rings. The molecule has 2 aromatic carbocycles. The van der Waals surface area contributed by atoms with Crippen LogP contribution in [-0.2, 0) is 0 Å². The highest BCUT2D eigenvalue weighted by atomic mass is 35.5. The molecule has 0 atom stereocenters. The fraction of sp³-hybridized carbons (Fsp3) is 0. The van der Waals surface area contributed by atoms with Crippen LogP contribution in [0.2, 0.25) is 15.1 Å². The van der Waals surface area contributed by atoms with Crippen LogP contribution in [0, 0.1) is 0 Å². The number of benzene rings is 2. The van der Waals surface area contributed by atoms with E-state index in [1.54, 1.807) is 24.3 Å². The van der Waals surface area contributed by atoms with Gasteiger partial charge in [0.15, 0.2) is 0 Å². The quantitative estimate of drug-likeness (QED) is 0.586. The Bertz CT molecular complexity index is 689. The summed E-state index contributed by atoms with van der Waals surface area (Å²) in [6.45, 7) is 0. The second kappa shape index (κ2) is 5.79. The second-order valence-electron chi connectivity index (χ2n) is 4.01. The van der Waals surface area contributed by atoms with Gasteiger partial charge in [-0.05, 0) is 24.3 Å². The fourth-order valence-corrected chi connectivity index (χ4v) is 2.26. The Balaban J connectivity index is 2.50. The van der Waals surface area contributed by atoms with E-state index in [4.69, 9.17) is 46.3 Å². The van der Waals surface area contributed by atoms with E-state index in [9.17, 15) is 4.79 Å². The van der Waals surface area contributed by atoms with Gasteiger partial charge in [0.25, 0.3) is 5.91 Å². The standard InChI is InChI=1S/C13H10Cl3N3O/c14-7-4-9(16)11(5-8(7)15)19-12-6(13(18)20)2-1-3-10(12)17/h1-5,19H,17H2,(H2,18,20). The minimum Gasteiger partial charge on any atom is -0.397 e. The SMILES string of the molecule is NC(=O)c1cccc(N)c1Nc1cc(Cl)c(Cl)cc1Cl. The normalized spacial score (nSPS) is 10.3. The van der Waals surface area contributed by atoms with Crippen molar-refractivity contribution >= 4 is 57.8 Å². The van der Waals surface area contributed by atoms with E-state index in [0.717, 1.165) is 0 Å². The van der Waals surface area contributed by atoms with Gasteiger partial charge in [-0.25, -0.2) is 0 Å². The van der Waals surface area contributed by atoms with Gasteiger partial charge in [0.1, 0.15) is 0 Å². The molecule has 0 bridgehead atoms. The molecule has 4 nitrogen and oxygen atoms in total. The van der Waals surface area contributed by atoms with Crippen LogP contribution in [-0.4, -0.2) is 5.91 Å². The number of hydrogen-bond donors (Lipinski definition) is 3. The number of nitrogen functional groups attached to an aromatic ring is 1. The molecule has 2 rings (SSSR count). The molecule has 0 radical (unpaired) electrons. The van der Waals surface area contributed by atoms with E-state index in [-0.39, 0.29) is 5.56 Å². The number of hydrogen-bond acceptors (Lipinski definition) is 3. The first-order valence-corrected chi connectivity index (χ1v) is 6.63. The third-order valence-electron chi connectivity index (χ3n) is 2.63. The predicted octanol–water partition coefficient (Wildman–Crippen LogP) is 4.07. The lowest BCUT2D eigenvalue weighted by molar-refractivity contribution is 0.100. The second-order valence-corrected chi connectivity index (χ2v) is 5.23. The van der Waals surface area contributed by atoms with Crippen molar-refractivity contribution in [3.05, 3.63) is 51.0 Å². The number of primary amides is 1. The van der Waals surface area contributed by atoms with E-state index in [1.165, 1.54) is 6.07 Å². The van der Waals surface area contributed by atoms with Crippen LogP contribution in [0.25, 0.3) is 0 Å². The zero-order valence-corrected chi connectivity index (χ0v) is 12.4. The molecule has 0 aliphatic heterocycles. The average molecular weight is 331 g/mol. The summed E-state index contributed by atoms with van der Waals surface area (Å²) in [6, 6.07) is 7.88. The highest BCUT2D eigenvalue weighted by Gasteiger charge is 2.13. The van der Waals surface area contributed by atoms with E-state index in [1.807, 2.05) is 0 Å². The van der Waals surface area contributed by atoms with Crippen LogP contribution in [0.5, 0.6) is 0 Å². The van der Waals surface area contributed by atoms with Crippen molar-refractivity contribution in [3.8, 4) is 0 Å². The number of nitrogens with two attached hydrogens (primary N) is 2. The monoisotopic (exact) mass is 329 g/mol. The summed E-state index contributed by atoms with van der Waals surface area (Å²) in [5, 5.41) is 3.96. The Hall–Kier alpha value is -1.62. The number of nitrogens with one attached hydrogen (secondary N) is 1. The van der Waals surface area contributed by atoms with Gasteiger partial charge in [0, 0.05) is 0 Å². The maximum Gasteiger partial charge on any atom is 0.250 e. The molecule has 5 N–H and O–H groups in total. The Morgan fingerprint density at radius 2 is 1.70 bits per heavy atom. The Labute approximate surface area is 130 Å². The summed E-state index contributed by atoms with van der Waals surface area (Å²) >= 11 is 17.9.